The second-order valence-electron chi connectivity index (χ2n) is 3.10. The molecule has 90 valence electrons. The molecule has 0 aliphatic heterocycles. The molecule has 0 aromatic heterocycles. The van der Waals surface area contributed by atoms with Gasteiger partial charge in [0.1, 0.15) is 6.61 Å². The fraction of sp³-hybridized carbons (Fsp3) is 0.875. The summed E-state index contributed by atoms with van der Waals surface area (Å²) in [7, 11) is 0. The third kappa shape index (κ3) is 8.19. The monoisotopic (exact) mass is 229 g/mol. The highest BCUT2D eigenvalue weighted by molar-refractivity contribution is 5.70. The van der Waals surface area contributed by atoms with Crippen molar-refractivity contribution in [3.63, 3.8) is 0 Å². The average molecular weight is 229 g/mol. The number of ether oxygens (including phenoxy) is 1. The van der Waals surface area contributed by atoms with Crippen molar-refractivity contribution in [3.8, 4) is 0 Å². The lowest BCUT2D eigenvalue weighted by molar-refractivity contribution is -0.179. The maximum atomic E-state index is 11.7. The summed E-state index contributed by atoms with van der Waals surface area (Å²) in [6.07, 6.45) is -3.74. The molecule has 4 nitrogen and oxygen atoms in total. The molecule has 0 saturated heterocycles. The highest BCUT2D eigenvalue weighted by Gasteiger charge is 2.28. The van der Waals surface area contributed by atoms with Crippen LogP contribution < -0.4 is 5.73 Å². The molecular weight excluding hydrogens is 215 g/mol. The van der Waals surface area contributed by atoms with E-state index in [1.165, 1.54) is 0 Å². The Morgan fingerprint density at radius 1 is 1.47 bits per heavy atom. The first-order valence-corrected chi connectivity index (χ1v) is 4.44. The van der Waals surface area contributed by atoms with Crippen LogP contribution in [0.4, 0.5) is 13.2 Å². The molecule has 0 aromatic carbocycles. The van der Waals surface area contributed by atoms with Gasteiger partial charge < -0.3 is 15.6 Å². The van der Waals surface area contributed by atoms with Crippen LogP contribution in [0.25, 0.3) is 0 Å². The predicted octanol–water partition coefficient (Wildman–Crippen LogP) is 1.01. The summed E-state index contributed by atoms with van der Waals surface area (Å²) in [6.45, 7) is -1.54. The molecule has 0 heterocycles. The van der Waals surface area contributed by atoms with E-state index in [1.54, 1.807) is 0 Å². The van der Waals surface area contributed by atoms with Crippen molar-refractivity contribution in [1.29, 1.82) is 0 Å². The first kappa shape index (κ1) is 14.2. The number of aliphatic carboxylic acids is 1. The number of hydrogen-bond donors (Lipinski definition) is 2. The number of nitrogens with two attached hydrogens (primary N) is 1. The summed E-state index contributed by atoms with van der Waals surface area (Å²) >= 11 is 0. The van der Waals surface area contributed by atoms with Gasteiger partial charge in [-0.1, -0.05) is 0 Å². The number of carboxylic acid groups (broad SMARTS) is 1. The van der Waals surface area contributed by atoms with E-state index in [0.29, 0.717) is 13.0 Å². The second kappa shape index (κ2) is 6.62. The van der Waals surface area contributed by atoms with Gasteiger partial charge >= 0.3 is 12.1 Å². The van der Waals surface area contributed by atoms with E-state index >= 15 is 0 Å². The average Bonchev–Trinajstić information content (AvgIpc) is 2.08. The van der Waals surface area contributed by atoms with Gasteiger partial charge in [0, 0.05) is 0 Å². The Kier molecular flexibility index (Phi) is 6.26. The van der Waals surface area contributed by atoms with E-state index in [-0.39, 0.29) is 6.42 Å². The first-order chi connectivity index (χ1) is 6.87. The molecule has 15 heavy (non-hydrogen) atoms. The number of carbonyl (C=O) groups is 1. The molecule has 1 atom stereocenters. The van der Waals surface area contributed by atoms with Crippen molar-refractivity contribution >= 4 is 5.97 Å². The Morgan fingerprint density at radius 2 is 2.07 bits per heavy atom. The number of rotatable bonds is 7. The summed E-state index contributed by atoms with van der Waals surface area (Å²) in [5, 5.41) is 8.63. The number of carboxylic acids is 1. The molecule has 0 aromatic rings. The molecule has 0 bridgehead atoms. The summed E-state index contributed by atoms with van der Waals surface area (Å²) in [6, 6.07) is 0. The van der Waals surface area contributed by atoms with E-state index < -0.39 is 31.3 Å². The predicted molar refractivity (Wildman–Crippen MR) is 46.3 cm³/mol. The summed E-state index contributed by atoms with van der Waals surface area (Å²) in [5.74, 6) is -2.08. The highest BCUT2D eigenvalue weighted by Crippen LogP contribution is 2.16. The Balaban J connectivity index is 3.81. The van der Waals surface area contributed by atoms with Crippen LogP contribution in [-0.4, -0.2) is 37.0 Å². The third-order valence-electron chi connectivity index (χ3n) is 1.69. The minimum atomic E-state index is -4.42. The van der Waals surface area contributed by atoms with Crippen molar-refractivity contribution in [2.75, 3.05) is 19.8 Å². The Bertz CT molecular complexity index is 196. The Morgan fingerprint density at radius 3 is 2.47 bits per heavy atom. The SMILES string of the molecule is NCCCC(COCC(F)(F)F)C(=O)O. The molecule has 7 heteroatoms. The zero-order valence-electron chi connectivity index (χ0n) is 8.09. The largest absolute Gasteiger partial charge is 0.481 e. The molecule has 0 amide bonds. The van der Waals surface area contributed by atoms with Crippen LogP contribution in [0, 0.1) is 5.92 Å². The fourth-order valence-electron chi connectivity index (χ4n) is 0.959. The van der Waals surface area contributed by atoms with Crippen molar-refractivity contribution < 1.29 is 27.8 Å². The van der Waals surface area contributed by atoms with Crippen molar-refractivity contribution in [2.45, 2.75) is 19.0 Å². The summed E-state index contributed by atoms with van der Waals surface area (Å²) in [5.41, 5.74) is 5.16. The van der Waals surface area contributed by atoms with Gasteiger partial charge in [0.15, 0.2) is 0 Å². The smallest absolute Gasteiger partial charge is 0.411 e. The molecule has 0 rings (SSSR count). The van der Waals surface area contributed by atoms with Crippen LogP contribution in [0.3, 0.4) is 0 Å². The Labute approximate surface area is 85.2 Å². The number of hydrogen-bond acceptors (Lipinski definition) is 3. The van der Waals surface area contributed by atoms with Gasteiger partial charge in [-0.3, -0.25) is 4.79 Å². The van der Waals surface area contributed by atoms with E-state index in [1.807, 2.05) is 0 Å². The van der Waals surface area contributed by atoms with Gasteiger partial charge in [-0.2, -0.15) is 13.2 Å². The number of halogens is 3. The molecule has 0 aliphatic carbocycles. The molecule has 0 aliphatic rings. The molecule has 1 unspecified atom stereocenters. The maximum Gasteiger partial charge on any atom is 0.411 e. The van der Waals surface area contributed by atoms with Gasteiger partial charge in [-0.15, -0.1) is 0 Å². The highest BCUT2D eigenvalue weighted by atomic mass is 19.4. The minimum Gasteiger partial charge on any atom is -0.481 e. The van der Waals surface area contributed by atoms with Crippen LogP contribution >= 0.6 is 0 Å². The molecule has 0 spiro atoms. The Hall–Kier alpha value is -0.820. The van der Waals surface area contributed by atoms with Crippen molar-refractivity contribution in [2.24, 2.45) is 11.7 Å². The fourth-order valence-corrected chi connectivity index (χ4v) is 0.959. The van der Waals surface area contributed by atoms with Gasteiger partial charge in [0.25, 0.3) is 0 Å². The minimum absolute atomic E-state index is 0.226. The normalized spacial score (nSPS) is 13.9. The molecular formula is C8H14F3NO3. The topological polar surface area (TPSA) is 72.5 Å². The van der Waals surface area contributed by atoms with Crippen molar-refractivity contribution in [3.05, 3.63) is 0 Å². The van der Waals surface area contributed by atoms with Gasteiger partial charge in [-0.05, 0) is 19.4 Å². The number of alkyl halides is 3. The molecule has 0 fully saturated rings. The van der Waals surface area contributed by atoms with Crippen LogP contribution in [0.2, 0.25) is 0 Å². The van der Waals surface area contributed by atoms with Crippen LogP contribution in [0.1, 0.15) is 12.8 Å². The lowest BCUT2D eigenvalue weighted by Gasteiger charge is -2.13. The van der Waals surface area contributed by atoms with E-state index in [4.69, 9.17) is 10.8 Å². The van der Waals surface area contributed by atoms with E-state index in [2.05, 4.69) is 4.74 Å². The van der Waals surface area contributed by atoms with Gasteiger partial charge in [0.2, 0.25) is 0 Å². The zero-order chi connectivity index (χ0) is 11.9. The maximum absolute atomic E-state index is 11.7. The van der Waals surface area contributed by atoms with E-state index in [9.17, 15) is 18.0 Å². The standard InChI is InChI=1S/C8H14F3NO3/c9-8(10,11)5-15-4-6(7(13)14)2-1-3-12/h6H,1-5,12H2,(H,13,14). The lowest BCUT2D eigenvalue weighted by atomic mass is 10.1. The van der Waals surface area contributed by atoms with Gasteiger partial charge in [0.05, 0.1) is 12.5 Å². The molecule has 0 saturated carbocycles. The van der Waals surface area contributed by atoms with Crippen LogP contribution in [-0.2, 0) is 9.53 Å². The first-order valence-electron chi connectivity index (χ1n) is 4.44. The second-order valence-corrected chi connectivity index (χ2v) is 3.10. The zero-order valence-corrected chi connectivity index (χ0v) is 8.09. The van der Waals surface area contributed by atoms with E-state index in [0.717, 1.165) is 0 Å². The van der Waals surface area contributed by atoms with Crippen molar-refractivity contribution in [1.82, 2.24) is 0 Å². The summed E-state index contributed by atoms with van der Waals surface area (Å²) in [4.78, 5) is 10.6. The quantitative estimate of drug-likeness (QED) is 0.683. The van der Waals surface area contributed by atoms with Crippen LogP contribution in [0.15, 0.2) is 0 Å². The summed E-state index contributed by atoms with van der Waals surface area (Å²) < 4.78 is 39.3. The third-order valence-corrected chi connectivity index (χ3v) is 1.69. The van der Waals surface area contributed by atoms with Crippen LogP contribution in [0.5, 0.6) is 0 Å². The molecule has 3 N–H and O–H groups in total. The molecule has 0 radical (unpaired) electrons. The van der Waals surface area contributed by atoms with Gasteiger partial charge in [-0.25, -0.2) is 0 Å². The lowest BCUT2D eigenvalue weighted by Crippen LogP contribution is -2.25.